The Bertz CT molecular complexity index is 807. The topological polar surface area (TPSA) is 65.8 Å². The number of amides is 1. The number of aromatic nitrogens is 2. The van der Waals surface area contributed by atoms with E-state index in [9.17, 15) is 4.79 Å². The lowest BCUT2D eigenvalue weighted by Gasteiger charge is -2.35. The summed E-state index contributed by atoms with van der Waals surface area (Å²) >= 11 is 5.91. The van der Waals surface area contributed by atoms with E-state index in [1.807, 2.05) is 42.4 Å². The maximum Gasteiger partial charge on any atom is 0.246 e. The molecule has 1 amide bonds. The smallest absolute Gasteiger partial charge is 0.246 e. The summed E-state index contributed by atoms with van der Waals surface area (Å²) in [6.45, 7) is 2.46. The number of hydrogen-bond acceptors (Lipinski definition) is 3. The van der Waals surface area contributed by atoms with Crippen molar-refractivity contribution in [1.29, 1.82) is 0 Å². The summed E-state index contributed by atoms with van der Waals surface area (Å²) in [7, 11) is 3.60. The van der Waals surface area contributed by atoms with Crippen LogP contribution in [0.4, 0.5) is 5.69 Å². The van der Waals surface area contributed by atoms with Gasteiger partial charge in [0.2, 0.25) is 5.91 Å². The second-order valence-corrected chi connectivity index (χ2v) is 6.98. The molecule has 2 heterocycles. The van der Waals surface area contributed by atoms with E-state index in [-0.39, 0.29) is 29.9 Å². The largest absolute Gasteiger partial charge is 0.356 e. The maximum absolute atomic E-state index is 12.5. The molecule has 1 saturated heterocycles. The first-order chi connectivity index (χ1) is 13.1. The van der Waals surface area contributed by atoms with Crippen molar-refractivity contribution in [3.05, 3.63) is 47.2 Å². The summed E-state index contributed by atoms with van der Waals surface area (Å²) in [5.74, 6) is 0.823. The monoisotopic (exact) mass is 516 g/mol. The highest BCUT2D eigenvalue weighted by Crippen LogP contribution is 2.16. The number of aliphatic imine (C=N–C) groups is 1. The van der Waals surface area contributed by atoms with Crippen molar-refractivity contribution in [3.8, 4) is 0 Å². The van der Waals surface area contributed by atoms with Gasteiger partial charge in [-0.25, -0.2) is 0 Å². The average Bonchev–Trinajstić information content (AvgIpc) is 3.09. The third-order valence-corrected chi connectivity index (χ3v) is 4.83. The molecule has 152 valence electrons. The number of nitrogens with one attached hydrogen (secondary N) is 1. The van der Waals surface area contributed by atoms with E-state index in [1.165, 1.54) is 5.56 Å². The van der Waals surface area contributed by atoms with Gasteiger partial charge in [-0.15, -0.1) is 24.0 Å². The first-order valence-electron chi connectivity index (χ1n) is 9.06. The fraction of sp³-hybridized carbons (Fsp3) is 0.421. The van der Waals surface area contributed by atoms with Crippen LogP contribution in [0.3, 0.4) is 0 Å². The van der Waals surface area contributed by atoms with Crippen molar-refractivity contribution in [2.45, 2.75) is 12.8 Å². The molecule has 1 aliphatic rings. The first kappa shape index (κ1) is 22.5. The van der Waals surface area contributed by atoms with Crippen LogP contribution < -0.4 is 10.2 Å². The lowest BCUT2D eigenvalue weighted by molar-refractivity contribution is -0.120. The van der Waals surface area contributed by atoms with Gasteiger partial charge in [-0.2, -0.15) is 5.10 Å². The molecule has 1 fully saturated rings. The molecule has 1 N–H and O–H groups in total. The number of carbonyl (C=O) groups is 1. The molecule has 0 aliphatic carbocycles. The van der Waals surface area contributed by atoms with Crippen LogP contribution in [0.15, 0.2) is 41.7 Å². The molecule has 9 heteroatoms. The van der Waals surface area contributed by atoms with E-state index < -0.39 is 0 Å². The van der Waals surface area contributed by atoms with Crippen molar-refractivity contribution < 1.29 is 4.79 Å². The van der Waals surface area contributed by atoms with E-state index in [1.54, 1.807) is 22.8 Å². The van der Waals surface area contributed by atoms with Crippen molar-refractivity contribution in [2.75, 3.05) is 38.1 Å². The van der Waals surface area contributed by atoms with Crippen LogP contribution in [0.1, 0.15) is 12.0 Å². The Morgan fingerprint density at radius 2 is 2.04 bits per heavy atom. The lowest BCUT2D eigenvalue weighted by Crippen LogP contribution is -2.55. The molecule has 0 bridgehead atoms. The maximum atomic E-state index is 12.5. The van der Waals surface area contributed by atoms with Gasteiger partial charge in [0.25, 0.3) is 0 Å². The second kappa shape index (κ2) is 10.7. The van der Waals surface area contributed by atoms with Crippen LogP contribution in [0.5, 0.6) is 0 Å². The Morgan fingerprint density at radius 3 is 2.64 bits per heavy atom. The molecule has 7 nitrogen and oxygen atoms in total. The molecule has 28 heavy (non-hydrogen) atoms. The van der Waals surface area contributed by atoms with E-state index in [0.717, 1.165) is 42.6 Å². The third-order valence-electron chi connectivity index (χ3n) is 4.57. The highest BCUT2D eigenvalue weighted by Gasteiger charge is 2.27. The van der Waals surface area contributed by atoms with E-state index >= 15 is 0 Å². The van der Waals surface area contributed by atoms with Crippen LogP contribution in [0, 0.1) is 0 Å². The van der Waals surface area contributed by atoms with Gasteiger partial charge in [0.05, 0.1) is 11.9 Å². The predicted octanol–water partition coefficient (Wildman–Crippen LogP) is 2.55. The normalized spacial score (nSPS) is 14.8. The standard InChI is InChI=1S/C19H25ClN6O.HI/c1-21-19(22-9-3-4-15-5-7-16(20)8-6-15)25-10-11-26(18(27)14-25)17-12-23-24(2)13-17;/h5-8,12-13H,3-4,9-11,14H2,1-2H3,(H,21,22);1H. The molecule has 2 aromatic rings. The SMILES string of the molecule is CN=C(NCCCc1ccc(Cl)cc1)N1CCN(c2cnn(C)c2)C(=O)C1.I. The summed E-state index contributed by atoms with van der Waals surface area (Å²) in [6.07, 6.45) is 5.52. The molecular formula is C19H26ClIN6O. The van der Waals surface area contributed by atoms with E-state index in [0.29, 0.717) is 13.1 Å². The van der Waals surface area contributed by atoms with Crippen LogP contribution in [-0.2, 0) is 18.3 Å². The number of piperazine rings is 1. The van der Waals surface area contributed by atoms with E-state index in [4.69, 9.17) is 11.6 Å². The first-order valence-corrected chi connectivity index (χ1v) is 9.43. The van der Waals surface area contributed by atoms with Crippen molar-refractivity contribution in [2.24, 2.45) is 12.0 Å². The lowest BCUT2D eigenvalue weighted by atomic mass is 10.1. The van der Waals surface area contributed by atoms with Crippen LogP contribution in [0.25, 0.3) is 0 Å². The van der Waals surface area contributed by atoms with Gasteiger partial charge >= 0.3 is 0 Å². The molecule has 3 rings (SSSR count). The highest BCUT2D eigenvalue weighted by atomic mass is 127. The minimum absolute atomic E-state index is 0. The molecule has 0 atom stereocenters. The van der Waals surface area contributed by atoms with Gasteiger partial charge in [0.15, 0.2) is 5.96 Å². The number of nitrogens with zero attached hydrogens (tertiary/aromatic N) is 5. The van der Waals surface area contributed by atoms with Crippen LogP contribution >= 0.6 is 35.6 Å². The molecular weight excluding hydrogens is 491 g/mol. The van der Waals surface area contributed by atoms with Gasteiger partial charge in [-0.3, -0.25) is 14.5 Å². The number of benzene rings is 1. The molecule has 0 saturated carbocycles. The molecule has 1 aromatic carbocycles. The zero-order valence-corrected chi connectivity index (χ0v) is 19.2. The number of guanidine groups is 1. The Morgan fingerprint density at radius 1 is 1.29 bits per heavy atom. The fourth-order valence-electron chi connectivity index (χ4n) is 3.15. The summed E-state index contributed by atoms with van der Waals surface area (Å²) in [5, 5.41) is 8.26. The Labute approximate surface area is 187 Å². The fourth-order valence-corrected chi connectivity index (χ4v) is 3.28. The zero-order valence-electron chi connectivity index (χ0n) is 16.1. The summed E-state index contributed by atoms with van der Waals surface area (Å²) in [6, 6.07) is 7.92. The summed E-state index contributed by atoms with van der Waals surface area (Å²) in [4.78, 5) is 20.6. The molecule has 0 unspecified atom stereocenters. The van der Waals surface area contributed by atoms with Gasteiger partial charge in [0.1, 0.15) is 6.54 Å². The number of hydrogen-bond donors (Lipinski definition) is 1. The van der Waals surface area contributed by atoms with Gasteiger partial charge < -0.3 is 15.1 Å². The number of halogens is 2. The Balaban J connectivity index is 0.00000280. The molecule has 0 spiro atoms. The van der Waals surface area contributed by atoms with Gasteiger partial charge in [0, 0.05) is 44.9 Å². The Hall–Kier alpha value is -1.81. The second-order valence-electron chi connectivity index (χ2n) is 6.54. The number of carbonyl (C=O) groups excluding carboxylic acids is 1. The summed E-state index contributed by atoms with van der Waals surface area (Å²) in [5.41, 5.74) is 2.10. The molecule has 0 radical (unpaired) electrons. The van der Waals surface area contributed by atoms with Gasteiger partial charge in [-0.05, 0) is 30.5 Å². The Kier molecular flexibility index (Phi) is 8.56. The average molecular weight is 517 g/mol. The minimum Gasteiger partial charge on any atom is -0.356 e. The third kappa shape index (κ3) is 5.84. The minimum atomic E-state index is 0. The molecule has 1 aliphatic heterocycles. The van der Waals surface area contributed by atoms with E-state index in [2.05, 4.69) is 15.4 Å². The molecule has 1 aromatic heterocycles. The van der Waals surface area contributed by atoms with Crippen LogP contribution in [-0.4, -0.2) is 59.8 Å². The zero-order chi connectivity index (χ0) is 19.2. The number of aryl methyl sites for hydroxylation is 2. The number of rotatable bonds is 5. The van der Waals surface area contributed by atoms with Crippen molar-refractivity contribution >= 4 is 53.1 Å². The van der Waals surface area contributed by atoms with Crippen molar-refractivity contribution in [1.82, 2.24) is 20.0 Å². The predicted molar refractivity (Wildman–Crippen MR) is 124 cm³/mol. The summed E-state index contributed by atoms with van der Waals surface area (Å²) < 4.78 is 1.70. The van der Waals surface area contributed by atoms with Gasteiger partial charge in [-0.1, -0.05) is 23.7 Å². The highest BCUT2D eigenvalue weighted by molar-refractivity contribution is 14.0. The quantitative estimate of drug-likeness (QED) is 0.287. The number of anilines is 1. The van der Waals surface area contributed by atoms with Crippen molar-refractivity contribution in [3.63, 3.8) is 0 Å². The van der Waals surface area contributed by atoms with Crippen LogP contribution in [0.2, 0.25) is 5.02 Å².